The summed E-state index contributed by atoms with van der Waals surface area (Å²) in [5, 5.41) is 5.27. The summed E-state index contributed by atoms with van der Waals surface area (Å²) in [5.41, 5.74) is 0. The fourth-order valence-electron chi connectivity index (χ4n) is 0.749. The third-order valence-electron chi connectivity index (χ3n) is 1.69. The van der Waals surface area contributed by atoms with Crippen LogP contribution in [-0.4, -0.2) is 0 Å². The van der Waals surface area contributed by atoms with Gasteiger partial charge in [0.05, 0.1) is 0 Å². The zero-order chi connectivity index (χ0) is 9.52. The van der Waals surface area contributed by atoms with Crippen molar-refractivity contribution in [2.75, 3.05) is 0 Å². The normalized spacial score (nSPS) is 13.8. The lowest BCUT2D eigenvalue weighted by Crippen LogP contribution is -1.75. The molecule has 2 heteroatoms. The van der Waals surface area contributed by atoms with Crippen molar-refractivity contribution in [1.82, 2.24) is 0 Å². The first-order valence-corrected chi connectivity index (χ1v) is 5.12. The number of hydrogen-bond acceptors (Lipinski definition) is 2. The van der Waals surface area contributed by atoms with Crippen LogP contribution in [0.15, 0.2) is 35.2 Å². The molecule has 1 aromatic carbocycles. The van der Waals surface area contributed by atoms with Crippen molar-refractivity contribution in [2.45, 2.75) is 17.7 Å². The second-order valence-electron chi connectivity index (χ2n) is 2.87. The van der Waals surface area contributed by atoms with Crippen LogP contribution in [0.3, 0.4) is 0 Å². The third kappa shape index (κ3) is 4.62. The summed E-state index contributed by atoms with van der Waals surface area (Å²) in [4.78, 5) is 1.10. The molecule has 2 rings (SSSR count). The second-order valence-corrected chi connectivity index (χ2v) is 3.58. The van der Waals surface area contributed by atoms with Gasteiger partial charge in [-0.1, -0.05) is 18.2 Å². The van der Waals surface area contributed by atoms with Crippen molar-refractivity contribution < 1.29 is 0 Å². The summed E-state index contributed by atoms with van der Waals surface area (Å²) in [7, 11) is 0. The lowest BCUT2D eigenvalue weighted by Gasteiger charge is -1.88. The highest BCUT2D eigenvalue weighted by Gasteiger charge is 2.16. The van der Waals surface area contributed by atoms with Gasteiger partial charge in [-0.25, -0.2) is 0 Å². The maximum atomic E-state index is 5.27. The molecule has 0 bridgehead atoms. The van der Waals surface area contributed by atoms with Gasteiger partial charge in [0.25, 0.3) is 0 Å². The molecule has 0 spiro atoms. The largest absolute Gasteiger partial charge is 0.274 e. The predicted octanol–water partition coefficient (Wildman–Crippen LogP) is 2.68. The summed E-state index contributed by atoms with van der Waals surface area (Å²) in [6.07, 6.45) is 7.53. The van der Waals surface area contributed by atoms with Gasteiger partial charge >= 0.3 is 0 Å². The summed E-state index contributed by atoms with van der Waals surface area (Å²) in [6.45, 7) is 0. The van der Waals surface area contributed by atoms with Gasteiger partial charge in [0.1, 0.15) is 0 Å². The summed E-state index contributed by atoms with van der Waals surface area (Å²) < 4.78 is 0. The molecule has 0 amide bonds. The Kier molecular flexibility index (Phi) is 4.45. The molecular formula is C11H13NS. The Balaban J connectivity index is 0.000000145. The van der Waals surface area contributed by atoms with Crippen molar-refractivity contribution in [2.24, 2.45) is 11.1 Å². The first kappa shape index (κ1) is 10.2. The van der Waals surface area contributed by atoms with Crippen LogP contribution >= 0.6 is 11.9 Å². The summed E-state index contributed by atoms with van der Waals surface area (Å²) in [6, 6.07) is 9.86. The lowest BCUT2D eigenvalue weighted by molar-refractivity contribution is 1.18. The Morgan fingerprint density at radius 1 is 1.31 bits per heavy atom. The maximum absolute atomic E-state index is 5.27. The quantitative estimate of drug-likeness (QED) is 0.545. The van der Waals surface area contributed by atoms with E-state index in [2.05, 4.69) is 5.92 Å². The third-order valence-corrected chi connectivity index (χ3v) is 2.24. The van der Waals surface area contributed by atoms with Crippen LogP contribution in [0.2, 0.25) is 0 Å². The van der Waals surface area contributed by atoms with Crippen LogP contribution < -0.4 is 5.14 Å². The molecule has 0 saturated heterocycles. The van der Waals surface area contributed by atoms with Gasteiger partial charge in [0, 0.05) is 10.8 Å². The average molecular weight is 191 g/mol. The van der Waals surface area contributed by atoms with Crippen LogP contribution in [0.5, 0.6) is 0 Å². The number of terminal acetylenes is 1. The van der Waals surface area contributed by atoms with Crippen molar-refractivity contribution >= 4 is 11.9 Å². The van der Waals surface area contributed by atoms with E-state index >= 15 is 0 Å². The van der Waals surface area contributed by atoms with Crippen LogP contribution in [0.4, 0.5) is 0 Å². The fourth-order valence-corrected chi connectivity index (χ4v) is 1.06. The monoisotopic (exact) mass is 191 g/mol. The molecule has 1 fully saturated rings. The Bertz CT molecular complexity index is 272. The van der Waals surface area contributed by atoms with Gasteiger partial charge < -0.3 is 0 Å². The minimum Gasteiger partial charge on any atom is -0.274 e. The number of benzene rings is 1. The van der Waals surface area contributed by atoms with E-state index in [1.807, 2.05) is 30.3 Å². The average Bonchev–Trinajstić information content (AvgIpc) is 3.03. The molecule has 0 unspecified atom stereocenters. The molecule has 1 aliphatic carbocycles. The highest BCUT2D eigenvalue weighted by atomic mass is 32.2. The van der Waals surface area contributed by atoms with E-state index in [4.69, 9.17) is 11.6 Å². The van der Waals surface area contributed by atoms with Crippen LogP contribution in [-0.2, 0) is 0 Å². The molecule has 2 N–H and O–H groups in total. The molecule has 0 radical (unpaired) electrons. The summed E-state index contributed by atoms with van der Waals surface area (Å²) in [5.74, 6) is 3.30. The van der Waals surface area contributed by atoms with Gasteiger partial charge in [-0.05, 0) is 36.9 Å². The van der Waals surface area contributed by atoms with Gasteiger partial charge in [0.15, 0.2) is 0 Å². The van der Waals surface area contributed by atoms with E-state index in [-0.39, 0.29) is 0 Å². The molecule has 0 aromatic heterocycles. The molecule has 13 heavy (non-hydrogen) atoms. The van der Waals surface area contributed by atoms with Crippen LogP contribution in [0.1, 0.15) is 12.8 Å². The van der Waals surface area contributed by atoms with E-state index < -0.39 is 0 Å². The van der Waals surface area contributed by atoms with Crippen molar-refractivity contribution in [3.05, 3.63) is 30.3 Å². The number of nitrogens with two attached hydrogens (primary N) is 1. The Morgan fingerprint density at radius 2 is 1.92 bits per heavy atom. The molecule has 0 aliphatic heterocycles. The molecule has 1 saturated carbocycles. The predicted molar refractivity (Wildman–Crippen MR) is 58.0 cm³/mol. The Labute approximate surface area is 83.9 Å². The van der Waals surface area contributed by atoms with E-state index in [0.717, 1.165) is 4.90 Å². The zero-order valence-corrected chi connectivity index (χ0v) is 8.26. The Hall–Kier alpha value is -0.910. The van der Waals surface area contributed by atoms with E-state index in [1.54, 1.807) is 0 Å². The number of hydrogen-bond donors (Lipinski definition) is 1. The van der Waals surface area contributed by atoms with E-state index in [0.29, 0.717) is 5.92 Å². The van der Waals surface area contributed by atoms with E-state index in [9.17, 15) is 0 Å². The molecule has 1 aliphatic rings. The smallest absolute Gasteiger partial charge is 0.0225 e. The van der Waals surface area contributed by atoms with Gasteiger partial charge in [-0.3, -0.25) is 5.14 Å². The first-order valence-electron chi connectivity index (χ1n) is 4.24. The molecular weight excluding hydrogens is 178 g/mol. The van der Waals surface area contributed by atoms with Gasteiger partial charge in [0.2, 0.25) is 0 Å². The topological polar surface area (TPSA) is 26.0 Å². The molecule has 0 heterocycles. The van der Waals surface area contributed by atoms with Gasteiger partial charge in [-0.15, -0.1) is 12.3 Å². The van der Waals surface area contributed by atoms with Crippen molar-refractivity contribution in [3.8, 4) is 12.3 Å². The first-order chi connectivity index (χ1) is 6.36. The number of rotatable bonds is 1. The molecule has 1 aromatic rings. The lowest BCUT2D eigenvalue weighted by atomic mass is 10.4. The molecule has 68 valence electrons. The molecule has 0 atom stereocenters. The van der Waals surface area contributed by atoms with Crippen molar-refractivity contribution in [3.63, 3.8) is 0 Å². The second kappa shape index (κ2) is 5.69. The van der Waals surface area contributed by atoms with Crippen LogP contribution in [0, 0.1) is 18.3 Å². The molecule has 1 nitrogen and oxygen atoms in total. The highest BCUT2D eigenvalue weighted by Crippen LogP contribution is 2.26. The minimum absolute atomic E-state index is 0.662. The van der Waals surface area contributed by atoms with Crippen molar-refractivity contribution in [1.29, 1.82) is 0 Å². The fraction of sp³-hybridized carbons (Fsp3) is 0.273. The minimum atomic E-state index is 0.662. The maximum Gasteiger partial charge on any atom is 0.0225 e. The zero-order valence-electron chi connectivity index (χ0n) is 7.44. The summed E-state index contributed by atoms with van der Waals surface area (Å²) >= 11 is 1.27. The highest BCUT2D eigenvalue weighted by molar-refractivity contribution is 7.97. The van der Waals surface area contributed by atoms with E-state index in [1.165, 1.54) is 24.8 Å². The van der Waals surface area contributed by atoms with Gasteiger partial charge in [-0.2, -0.15) is 0 Å². The van der Waals surface area contributed by atoms with Crippen LogP contribution in [0.25, 0.3) is 0 Å². The Morgan fingerprint density at radius 3 is 2.15 bits per heavy atom. The standard InChI is InChI=1S/C6H7NS.C5H6/c7-8-6-4-2-1-3-5-6;1-2-5-3-4-5/h1-5H,7H2;1,5H,3-4H2. The SMILES string of the molecule is C#CC1CC1.NSc1ccccc1.